The highest BCUT2D eigenvalue weighted by Crippen LogP contribution is 2.24. The molecule has 0 saturated heterocycles. The van der Waals surface area contributed by atoms with E-state index in [9.17, 15) is 4.79 Å². The second kappa shape index (κ2) is 6.88. The molecule has 0 atom stereocenters. The standard InChI is InChI=1S/C18H19N3O2S/c1-12-6-7-15(13(2)9-12)19-18-20-16(11-24-18)17(22)21(3)10-14-5-4-8-23-14/h4-9,11H,10H2,1-3H3,(H,19,20). The van der Waals surface area contributed by atoms with Crippen LogP contribution in [0, 0.1) is 13.8 Å². The quantitative estimate of drug-likeness (QED) is 0.749. The highest BCUT2D eigenvalue weighted by molar-refractivity contribution is 7.14. The molecular formula is C18H19N3O2S. The number of anilines is 2. The summed E-state index contributed by atoms with van der Waals surface area (Å²) in [5, 5.41) is 5.75. The number of aromatic nitrogens is 1. The molecule has 24 heavy (non-hydrogen) atoms. The van der Waals surface area contributed by atoms with Crippen LogP contribution in [0.25, 0.3) is 0 Å². The SMILES string of the molecule is Cc1ccc(Nc2nc(C(=O)N(C)Cc3ccco3)cs2)c(C)c1. The Labute approximate surface area is 144 Å². The molecule has 1 amide bonds. The van der Waals surface area contributed by atoms with Crippen LogP contribution in [0.4, 0.5) is 10.8 Å². The van der Waals surface area contributed by atoms with Gasteiger partial charge in [0.25, 0.3) is 5.91 Å². The van der Waals surface area contributed by atoms with Crippen LogP contribution in [0.5, 0.6) is 0 Å². The Hall–Kier alpha value is -2.60. The first-order valence-corrected chi connectivity index (χ1v) is 8.48. The summed E-state index contributed by atoms with van der Waals surface area (Å²) in [6.45, 7) is 4.53. The minimum absolute atomic E-state index is 0.128. The Bertz CT molecular complexity index is 840. The van der Waals surface area contributed by atoms with Crippen molar-refractivity contribution in [2.45, 2.75) is 20.4 Å². The fourth-order valence-electron chi connectivity index (χ4n) is 2.40. The zero-order valence-electron chi connectivity index (χ0n) is 13.9. The van der Waals surface area contributed by atoms with Crippen molar-refractivity contribution in [2.75, 3.05) is 12.4 Å². The van der Waals surface area contributed by atoms with Crippen molar-refractivity contribution in [3.8, 4) is 0 Å². The molecule has 2 aromatic heterocycles. The number of hydrogen-bond donors (Lipinski definition) is 1. The number of hydrogen-bond acceptors (Lipinski definition) is 5. The molecule has 0 radical (unpaired) electrons. The summed E-state index contributed by atoms with van der Waals surface area (Å²) in [5.41, 5.74) is 3.79. The van der Waals surface area contributed by atoms with Crippen LogP contribution >= 0.6 is 11.3 Å². The van der Waals surface area contributed by atoms with Gasteiger partial charge in [0, 0.05) is 18.1 Å². The van der Waals surface area contributed by atoms with E-state index in [4.69, 9.17) is 4.42 Å². The van der Waals surface area contributed by atoms with Gasteiger partial charge in [-0.25, -0.2) is 4.98 Å². The Kier molecular flexibility index (Phi) is 4.66. The van der Waals surface area contributed by atoms with E-state index in [0.29, 0.717) is 17.4 Å². The third kappa shape index (κ3) is 3.65. The van der Waals surface area contributed by atoms with Gasteiger partial charge in [-0.15, -0.1) is 11.3 Å². The minimum Gasteiger partial charge on any atom is -0.467 e. The van der Waals surface area contributed by atoms with Crippen molar-refractivity contribution in [1.82, 2.24) is 9.88 Å². The zero-order chi connectivity index (χ0) is 17.1. The van der Waals surface area contributed by atoms with E-state index in [1.54, 1.807) is 23.6 Å². The maximum Gasteiger partial charge on any atom is 0.273 e. The number of thiazole rings is 1. The summed E-state index contributed by atoms with van der Waals surface area (Å²) in [5.74, 6) is 0.617. The van der Waals surface area contributed by atoms with Crippen molar-refractivity contribution in [3.63, 3.8) is 0 Å². The van der Waals surface area contributed by atoms with Crippen molar-refractivity contribution in [3.05, 3.63) is 64.6 Å². The second-order valence-corrected chi connectivity index (χ2v) is 6.58. The molecule has 0 bridgehead atoms. The molecule has 1 aromatic carbocycles. The zero-order valence-corrected chi connectivity index (χ0v) is 14.7. The Balaban J connectivity index is 1.69. The Morgan fingerprint density at radius 1 is 1.33 bits per heavy atom. The van der Waals surface area contributed by atoms with Crippen LogP contribution in [0.3, 0.4) is 0 Å². The number of nitrogens with one attached hydrogen (secondary N) is 1. The Morgan fingerprint density at radius 2 is 2.17 bits per heavy atom. The fourth-order valence-corrected chi connectivity index (χ4v) is 3.10. The van der Waals surface area contributed by atoms with Crippen molar-refractivity contribution < 1.29 is 9.21 Å². The maximum absolute atomic E-state index is 12.4. The summed E-state index contributed by atoms with van der Waals surface area (Å²) in [6.07, 6.45) is 1.60. The molecule has 0 saturated carbocycles. The maximum atomic E-state index is 12.4. The number of aryl methyl sites for hydroxylation is 2. The fraction of sp³-hybridized carbons (Fsp3) is 0.222. The van der Waals surface area contributed by atoms with E-state index in [1.165, 1.54) is 16.9 Å². The third-order valence-electron chi connectivity index (χ3n) is 3.67. The first-order chi connectivity index (χ1) is 11.5. The molecule has 0 spiro atoms. The lowest BCUT2D eigenvalue weighted by atomic mass is 10.1. The van der Waals surface area contributed by atoms with Crippen LogP contribution in [0.2, 0.25) is 0 Å². The largest absolute Gasteiger partial charge is 0.467 e. The number of furan rings is 1. The molecule has 2 heterocycles. The molecule has 124 valence electrons. The van der Waals surface area contributed by atoms with Gasteiger partial charge in [0.2, 0.25) is 0 Å². The summed E-state index contributed by atoms with van der Waals surface area (Å²) in [6, 6.07) is 9.84. The average molecular weight is 341 g/mol. The van der Waals surface area contributed by atoms with Gasteiger partial charge in [0.1, 0.15) is 11.5 Å². The van der Waals surface area contributed by atoms with E-state index in [2.05, 4.69) is 23.3 Å². The number of rotatable bonds is 5. The molecule has 0 aliphatic carbocycles. The van der Waals surface area contributed by atoms with Gasteiger partial charge in [-0.1, -0.05) is 17.7 Å². The first-order valence-electron chi connectivity index (χ1n) is 7.60. The smallest absolute Gasteiger partial charge is 0.273 e. The molecule has 0 unspecified atom stereocenters. The predicted octanol–water partition coefficient (Wildman–Crippen LogP) is 4.37. The number of carbonyl (C=O) groups is 1. The van der Waals surface area contributed by atoms with Crippen LogP contribution in [-0.2, 0) is 6.54 Å². The number of carbonyl (C=O) groups excluding carboxylic acids is 1. The number of amides is 1. The Morgan fingerprint density at radius 3 is 2.88 bits per heavy atom. The molecule has 5 nitrogen and oxygen atoms in total. The van der Waals surface area contributed by atoms with Gasteiger partial charge in [-0.05, 0) is 37.6 Å². The summed E-state index contributed by atoms with van der Waals surface area (Å²) < 4.78 is 5.27. The lowest BCUT2D eigenvalue weighted by Gasteiger charge is -2.13. The molecule has 0 aliphatic rings. The van der Waals surface area contributed by atoms with Crippen LogP contribution in [-0.4, -0.2) is 22.8 Å². The highest BCUT2D eigenvalue weighted by Gasteiger charge is 2.17. The van der Waals surface area contributed by atoms with Gasteiger partial charge in [0.15, 0.2) is 5.13 Å². The normalized spacial score (nSPS) is 10.6. The van der Waals surface area contributed by atoms with Crippen LogP contribution in [0.1, 0.15) is 27.4 Å². The third-order valence-corrected chi connectivity index (χ3v) is 4.42. The van der Waals surface area contributed by atoms with Gasteiger partial charge in [0.05, 0.1) is 12.8 Å². The van der Waals surface area contributed by atoms with Gasteiger partial charge < -0.3 is 14.6 Å². The van der Waals surface area contributed by atoms with Gasteiger partial charge >= 0.3 is 0 Å². The molecule has 1 N–H and O–H groups in total. The van der Waals surface area contributed by atoms with Gasteiger partial charge in [-0.2, -0.15) is 0 Å². The summed E-state index contributed by atoms with van der Waals surface area (Å²) >= 11 is 1.42. The lowest BCUT2D eigenvalue weighted by Crippen LogP contribution is -2.26. The van der Waals surface area contributed by atoms with E-state index in [1.807, 2.05) is 31.2 Å². The molecule has 6 heteroatoms. The van der Waals surface area contributed by atoms with E-state index >= 15 is 0 Å². The molecule has 0 fully saturated rings. The first kappa shape index (κ1) is 16.3. The average Bonchev–Trinajstić information content (AvgIpc) is 3.21. The molecule has 3 rings (SSSR count). The van der Waals surface area contributed by atoms with Crippen LogP contribution < -0.4 is 5.32 Å². The van der Waals surface area contributed by atoms with Crippen LogP contribution in [0.15, 0.2) is 46.4 Å². The minimum atomic E-state index is -0.128. The summed E-state index contributed by atoms with van der Waals surface area (Å²) in [4.78, 5) is 18.4. The van der Waals surface area contributed by atoms with E-state index in [0.717, 1.165) is 17.0 Å². The topological polar surface area (TPSA) is 58.4 Å². The summed E-state index contributed by atoms with van der Waals surface area (Å²) in [7, 11) is 1.74. The van der Waals surface area contributed by atoms with Crippen molar-refractivity contribution in [1.29, 1.82) is 0 Å². The molecule has 0 aliphatic heterocycles. The van der Waals surface area contributed by atoms with Gasteiger partial charge in [-0.3, -0.25) is 4.79 Å². The van der Waals surface area contributed by atoms with E-state index < -0.39 is 0 Å². The highest BCUT2D eigenvalue weighted by atomic mass is 32.1. The predicted molar refractivity (Wildman–Crippen MR) is 95.8 cm³/mol. The molecule has 3 aromatic rings. The molecular weight excluding hydrogens is 322 g/mol. The monoisotopic (exact) mass is 341 g/mol. The lowest BCUT2D eigenvalue weighted by molar-refractivity contribution is 0.0770. The van der Waals surface area contributed by atoms with Crippen molar-refractivity contribution in [2.24, 2.45) is 0 Å². The number of benzene rings is 1. The van der Waals surface area contributed by atoms with Crippen molar-refractivity contribution >= 4 is 28.1 Å². The second-order valence-electron chi connectivity index (χ2n) is 5.72. The number of nitrogens with zero attached hydrogens (tertiary/aromatic N) is 2. The van der Waals surface area contributed by atoms with E-state index in [-0.39, 0.29) is 5.91 Å².